The first-order valence-electron chi connectivity index (χ1n) is 6.52. The summed E-state index contributed by atoms with van der Waals surface area (Å²) in [6.07, 6.45) is 2.11. The van der Waals surface area contributed by atoms with Crippen molar-refractivity contribution in [3.63, 3.8) is 0 Å². The number of aromatic nitrogens is 1. The molecule has 0 spiro atoms. The highest BCUT2D eigenvalue weighted by molar-refractivity contribution is 5.86. The fraction of sp³-hybridized carbons (Fsp3) is 0.438. The van der Waals surface area contributed by atoms with Crippen LogP contribution in [0.3, 0.4) is 0 Å². The van der Waals surface area contributed by atoms with Crippen molar-refractivity contribution in [3.8, 4) is 0 Å². The van der Waals surface area contributed by atoms with Gasteiger partial charge in [0.15, 0.2) is 0 Å². The molecule has 0 fully saturated rings. The minimum atomic E-state index is -0.543. The first-order valence-corrected chi connectivity index (χ1v) is 6.52. The van der Waals surface area contributed by atoms with E-state index in [1.165, 1.54) is 23.6 Å². The molecule has 0 saturated heterocycles. The second-order valence-corrected chi connectivity index (χ2v) is 5.65. The van der Waals surface area contributed by atoms with Gasteiger partial charge in [0.25, 0.3) is 0 Å². The zero-order chi connectivity index (χ0) is 14.2. The van der Waals surface area contributed by atoms with Gasteiger partial charge in [0.2, 0.25) is 0 Å². The number of ether oxygens (including phenoxy) is 1. The van der Waals surface area contributed by atoms with Crippen LogP contribution >= 0.6 is 0 Å². The van der Waals surface area contributed by atoms with Crippen LogP contribution in [0.2, 0.25) is 0 Å². The number of carbonyl (C=O) groups is 1. The van der Waals surface area contributed by atoms with Crippen molar-refractivity contribution in [1.29, 1.82) is 0 Å². The van der Waals surface area contributed by atoms with Crippen LogP contribution in [-0.2, 0) is 16.6 Å². The van der Waals surface area contributed by atoms with Gasteiger partial charge in [-0.05, 0) is 31.4 Å². The Kier molecular flexibility index (Phi) is 3.40. The number of para-hydroxylation sites is 1. The number of nitrogens with zero attached hydrogens (tertiary/aromatic N) is 1. The van der Waals surface area contributed by atoms with Crippen LogP contribution in [0.25, 0.3) is 10.9 Å². The highest BCUT2D eigenvalue weighted by Gasteiger charge is 2.37. The molecule has 0 radical (unpaired) electrons. The van der Waals surface area contributed by atoms with Gasteiger partial charge in [-0.3, -0.25) is 4.79 Å². The third-order valence-electron chi connectivity index (χ3n) is 4.19. The number of hydrogen-bond acceptors (Lipinski definition) is 2. The van der Waals surface area contributed by atoms with E-state index in [9.17, 15) is 4.79 Å². The Morgan fingerprint density at radius 3 is 2.58 bits per heavy atom. The predicted octanol–water partition coefficient (Wildman–Crippen LogP) is 3.48. The highest BCUT2D eigenvalue weighted by atomic mass is 16.5. The van der Waals surface area contributed by atoms with Gasteiger partial charge in [0.05, 0.1) is 12.5 Å². The van der Waals surface area contributed by atoms with Crippen molar-refractivity contribution in [3.05, 3.63) is 36.0 Å². The largest absolute Gasteiger partial charge is 0.469 e. The van der Waals surface area contributed by atoms with Crippen molar-refractivity contribution in [1.82, 2.24) is 4.57 Å². The predicted molar refractivity (Wildman–Crippen MR) is 77.1 cm³/mol. The van der Waals surface area contributed by atoms with Gasteiger partial charge in [-0.15, -0.1) is 0 Å². The normalized spacial score (nSPS) is 13.5. The molecule has 2 rings (SSSR count). The van der Waals surface area contributed by atoms with Crippen LogP contribution in [0.5, 0.6) is 0 Å². The molecule has 19 heavy (non-hydrogen) atoms. The number of hydrogen-bond donors (Lipinski definition) is 0. The molecule has 1 unspecified atom stereocenters. The molecular formula is C16H21NO2. The maximum absolute atomic E-state index is 12.0. The lowest BCUT2D eigenvalue weighted by Crippen LogP contribution is -2.31. The quantitative estimate of drug-likeness (QED) is 0.790. The molecule has 1 heterocycles. The second-order valence-electron chi connectivity index (χ2n) is 5.65. The number of aryl methyl sites for hydroxylation is 1. The van der Waals surface area contributed by atoms with Gasteiger partial charge in [-0.2, -0.15) is 0 Å². The number of rotatable bonds is 3. The molecule has 0 N–H and O–H groups in total. The smallest absolute Gasteiger partial charge is 0.311 e. The Labute approximate surface area is 114 Å². The fourth-order valence-electron chi connectivity index (χ4n) is 2.55. The molecule has 0 aliphatic carbocycles. The first-order chi connectivity index (χ1) is 8.89. The molecule has 0 aliphatic heterocycles. The minimum absolute atomic E-state index is 0.0889. The molecule has 1 aromatic carbocycles. The average Bonchev–Trinajstić information content (AvgIpc) is 2.74. The zero-order valence-corrected chi connectivity index (χ0v) is 12.2. The lowest BCUT2D eigenvalue weighted by atomic mass is 9.76. The van der Waals surface area contributed by atoms with Crippen molar-refractivity contribution in [2.24, 2.45) is 12.5 Å². The summed E-state index contributed by atoms with van der Waals surface area (Å²) in [6.45, 7) is 5.95. The monoisotopic (exact) mass is 259 g/mol. The summed E-state index contributed by atoms with van der Waals surface area (Å²) in [5.41, 5.74) is 1.83. The van der Waals surface area contributed by atoms with Gasteiger partial charge in [-0.1, -0.05) is 25.1 Å². The first kappa shape index (κ1) is 13.7. The summed E-state index contributed by atoms with van der Waals surface area (Å²) in [5.74, 6) is -0.0843. The van der Waals surface area contributed by atoms with Gasteiger partial charge >= 0.3 is 5.97 Å². The molecule has 1 atom stereocenters. The van der Waals surface area contributed by atoms with Crippen LogP contribution < -0.4 is 0 Å². The van der Waals surface area contributed by atoms with Crippen LogP contribution in [0.4, 0.5) is 0 Å². The Morgan fingerprint density at radius 2 is 1.95 bits per heavy atom. The van der Waals surface area contributed by atoms with Gasteiger partial charge in [0, 0.05) is 24.1 Å². The number of methoxy groups -OCH3 is 1. The van der Waals surface area contributed by atoms with Gasteiger partial charge in [-0.25, -0.2) is 0 Å². The summed E-state index contributed by atoms with van der Waals surface area (Å²) in [5, 5.41) is 1.20. The van der Waals surface area contributed by atoms with E-state index < -0.39 is 5.41 Å². The Balaban J connectivity index is 2.53. The van der Waals surface area contributed by atoms with E-state index in [0.717, 1.165) is 0 Å². The summed E-state index contributed by atoms with van der Waals surface area (Å²) < 4.78 is 7.04. The third-order valence-corrected chi connectivity index (χ3v) is 4.19. The Hall–Kier alpha value is -1.77. The van der Waals surface area contributed by atoms with Crippen molar-refractivity contribution in [2.45, 2.75) is 26.7 Å². The van der Waals surface area contributed by atoms with E-state index in [2.05, 4.69) is 29.8 Å². The molecule has 0 aliphatic rings. The maximum Gasteiger partial charge on any atom is 0.311 e. The molecule has 1 aromatic heterocycles. The molecule has 3 nitrogen and oxygen atoms in total. The molecule has 0 bridgehead atoms. The molecule has 0 amide bonds. The lowest BCUT2D eigenvalue weighted by Gasteiger charge is -2.28. The highest BCUT2D eigenvalue weighted by Crippen LogP contribution is 2.39. The molecule has 3 heteroatoms. The van der Waals surface area contributed by atoms with Gasteiger partial charge in [0.1, 0.15) is 0 Å². The summed E-state index contributed by atoms with van der Waals surface area (Å²) >= 11 is 0. The van der Waals surface area contributed by atoms with Crippen molar-refractivity contribution < 1.29 is 9.53 Å². The molecule has 102 valence electrons. The summed E-state index contributed by atoms with van der Waals surface area (Å²) in [6, 6.07) is 8.26. The van der Waals surface area contributed by atoms with E-state index in [-0.39, 0.29) is 11.9 Å². The summed E-state index contributed by atoms with van der Waals surface area (Å²) in [7, 11) is 3.48. The van der Waals surface area contributed by atoms with E-state index >= 15 is 0 Å². The number of carbonyl (C=O) groups excluding carboxylic acids is 1. The summed E-state index contributed by atoms with van der Waals surface area (Å²) in [4.78, 5) is 12.0. The molecule has 2 aromatic rings. The second kappa shape index (κ2) is 4.72. The van der Waals surface area contributed by atoms with E-state index in [4.69, 9.17) is 4.74 Å². The van der Waals surface area contributed by atoms with Crippen LogP contribution in [0.15, 0.2) is 30.5 Å². The maximum atomic E-state index is 12.0. The standard InChI is InChI=1S/C16H21NO2/c1-11(16(2,3)15(18)19-5)13-10-17(4)14-9-7-6-8-12(13)14/h6-11H,1-5H3. The van der Waals surface area contributed by atoms with Crippen LogP contribution in [-0.4, -0.2) is 17.6 Å². The minimum Gasteiger partial charge on any atom is -0.469 e. The Bertz CT molecular complexity index is 610. The van der Waals surface area contributed by atoms with Crippen molar-refractivity contribution >= 4 is 16.9 Å². The van der Waals surface area contributed by atoms with Crippen LogP contribution in [0, 0.1) is 5.41 Å². The fourth-order valence-corrected chi connectivity index (χ4v) is 2.55. The third kappa shape index (κ3) is 2.14. The number of fused-ring (bicyclic) bond motifs is 1. The number of benzene rings is 1. The lowest BCUT2D eigenvalue weighted by molar-refractivity contribution is -0.151. The SMILES string of the molecule is COC(=O)C(C)(C)C(C)c1cn(C)c2ccccc12. The van der Waals surface area contributed by atoms with E-state index in [0.29, 0.717) is 0 Å². The van der Waals surface area contributed by atoms with Crippen LogP contribution in [0.1, 0.15) is 32.3 Å². The van der Waals surface area contributed by atoms with Crippen molar-refractivity contribution in [2.75, 3.05) is 7.11 Å². The number of esters is 1. The molecule has 0 saturated carbocycles. The molecular weight excluding hydrogens is 238 g/mol. The topological polar surface area (TPSA) is 31.2 Å². The van der Waals surface area contributed by atoms with Gasteiger partial charge < -0.3 is 9.30 Å². The Morgan fingerprint density at radius 1 is 1.32 bits per heavy atom. The van der Waals surface area contributed by atoms with E-state index in [1.807, 2.05) is 33.0 Å². The average molecular weight is 259 g/mol. The zero-order valence-electron chi connectivity index (χ0n) is 12.2. The van der Waals surface area contributed by atoms with E-state index in [1.54, 1.807) is 0 Å².